The van der Waals surface area contributed by atoms with Crippen LogP contribution < -0.4 is 20.1 Å². The first-order chi connectivity index (χ1) is 14.1. The number of nitrogens with zero attached hydrogens (tertiary/aromatic N) is 3. The largest absolute Gasteiger partial charge is 0.497 e. The lowest BCUT2D eigenvalue weighted by atomic mass is 9.95. The highest BCUT2D eigenvalue weighted by Gasteiger charge is 2.33. The molecule has 0 fully saturated rings. The molecule has 148 valence electrons. The van der Waals surface area contributed by atoms with E-state index >= 15 is 0 Å². The molecule has 0 aliphatic carbocycles. The summed E-state index contributed by atoms with van der Waals surface area (Å²) in [4.78, 5) is 17.5. The van der Waals surface area contributed by atoms with E-state index in [1.165, 1.54) is 6.33 Å². The van der Waals surface area contributed by atoms with Gasteiger partial charge in [0, 0.05) is 11.4 Å². The lowest BCUT2D eigenvalue weighted by molar-refractivity contribution is -0.113. The fraction of sp³-hybridized carbons (Fsp3) is 0.190. The summed E-state index contributed by atoms with van der Waals surface area (Å²) in [5.74, 6) is 1.83. The van der Waals surface area contributed by atoms with Gasteiger partial charge in [0.2, 0.25) is 5.95 Å². The van der Waals surface area contributed by atoms with Crippen molar-refractivity contribution in [3.8, 4) is 11.5 Å². The van der Waals surface area contributed by atoms with Crippen molar-refractivity contribution in [2.24, 2.45) is 0 Å². The molecule has 8 heteroatoms. The number of fused-ring (bicyclic) bond motifs is 1. The number of anilines is 2. The minimum Gasteiger partial charge on any atom is -0.497 e. The van der Waals surface area contributed by atoms with Crippen LogP contribution in [0.1, 0.15) is 18.5 Å². The molecule has 0 saturated heterocycles. The number of aromatic nitrogens is 3. The summed E-state index contributed by atoms with van der Waals surface area (Å²) >= 11 is 0. The van der Waals surface area contributed by atoms with E-state index in [1.807, 2.05) is 31.2 Å². The van der Waals surface area contributed by atoms with Crippen molar-refractivity contribution in [2.75, 3.05) is 24.9 Å². The number of nitrogens with one attached hydrogen (secondary N) is 2. The summed E-state index contributed by atoms with van der Waals surface area (Å²) < 4.78 is 12.1. The van der Waals surface area contributed by atoms with Crippen LogP contribution in [0.15, 0.2) is 66.1 Å². The number of hydrogen-bond acceptors (Lipinski definition) is 6. The van der Waals surface area contributed by atoms with Gasteiger partial charge in [0.25, 0.3) is 5.91 Å². The molecular weight excluding hydrogens is 370 g/mol. The Morgan fingerprint density at radius 1 is 1.03 bits per heavy atom. The summed E-state index contributed by atoms with van der Waals surface area (Å²) in [6.45, 7) is 1.86. The predicted molar refractivity (Wildman–Crippen MR) is 109 cm³/mol. The van der Waals surface area contributed by atoms with Crippen molar-refractivity contribution in [3.05, 3.63) is 71.7 Å². The summed E-state index contributed by atoms with van der Waals surface area (Å²) in [7, 11) is 3.22. The molecule has 2 heterocycles. The zero-order chi connectivity index (χ0) is 20.4. The van der Waals surface area contributed by atoms with Crippen LogP contribution in [0.4, 0.5) is 11.6 Å². The maximum Gasteiger partial charge on any atom is 0.255 e. The van der Waals surface area contributed by atoms with Crippen LogP contribution >= 0.6 is 0 Å². The van der Waals surface area contributed by atoms with E-state index in [1.54, 1.807) is 43.2 Å². The lowest BCUT2D eigenvalue weighted by Gasteiger charge is -2.28. The standard InChI is InChI=1S/C21H21N5O3/c1-13-18(20(27)25-15-6-10-17(29-3)11-7-15)19(26-21(24-13)22-12-23-26)14-4-8-16(28-2)9-5-14/h4-12,19H,1-3H3,(H,25,27)(H,22,23,24). The number of benzene rings is 2. The Bertz CT molecular complexity index is 1050. The topological polar surface area (TPSA) is 90.3 Å². The number of hydrogen-bond donors (Lipinski definition) is 2. The first-order valence-corrected chi connectivity index (χ1v) is 9.07. The highest BCUT2D eigenvalue weighted by molar-refractivity contribution is 6.06. The Balaban J connectivity index is 1.70. The van der Waals surface area contributed by atoms with Crippen molar-refractivity contribution < 1.29 is 14.3 Å². The molecule has 0 saturated carbocycles. The molecule has 0 bridgehead atoms. The van der Waals surface area contributed by atoms with E-state index in [0.717, 1.165) is 22.8 Å². The Morgan fingerprint density at radius 2 is 1.66 bits per heavy atom. The SMILES string of the molecule is COc1ccc(NC(=O)C2=C(C)Nc3ncnn3C2c2ccc(OC)cc2)cc1. The highest BCUT2D eigenvalue weighted by atomic mass is 16.5. The maximum atomic E-state index is 13.2. The number of amides is 1. The molecule has 29 heavy (non-hydrogen) atoms. The number of methoxy groups -OCH3 is 2. The molecule has 1 aromatic heterocycles. The number of rotatable bonds is 5. The van der Waals surface area contributed by atoms with Crippen LogP contribution in [-0.2, 0) is 4.79 Å². The first-order valence-electron chi connectivity index (χ1n) is 9.07. The molecule has 1 amide bonds. The molecule has 1 aliphatic heterocycles. The molecule has 0 radical (unpaired) electrons. The third kappa shape index (κ3) is 3.52. The average molecular weight is 391 g/mol. The monoisotopic (exact) mass is 391 g/mol. The predicted octanol–water partition coefficient (Wildman–Crippen LogP) is 3.22. The molecule has 1 aliphatic rings. The summed E-state index contributed by atoms with van der Waals surface area (Å²) in [5.41, 5.74) is 2.86. The van der Waals surface area contributed by atoms with Gasteiger partial charge in [0.05, 0.1) is 19.8 Å². The zero-order valence-electron chi connectivity index (χ0n) is 16.3. The second kappa shape index (κ2) is 7.67. The molecule has 2 N–H and O–H groups in total. The average Bonchev–Trinajstić information content (AvgIpc) is 3.21. The van der Waals surface area contributed by atoms with Gasteiger partial charge in [-0.3, -0.25) is 4.79 Å². The molecule has 8 nitrogen and oxygen atoms in total. The number of allylic oxidation sites excluding steroid dienone is 1. The number of ether oxygens (including phenoxy) is 2. The van der Waals surface area contributed by atoms with E-state index in [-0.39, 0.29) is 5.91 Å². The van der Waals surface area contributed by atoms with E-state index < -0.39 is 6.04 Å². The maximum absolute atomic E-state index is 13.2. The molecule has 1 unspecified atom stereocenters. The van der Waals surface area contributed by atoms with Gasteiger partial charge in [-0.1, -0.05) is 12.1 Å². The highest BCUT2D eigenvalue weighted by Crippen LogP contribution is 2.35. The van der Waals surface area contributed by atoms with E-state index in [0.29, 0.717) is 17.2 Å². The molecule has 2 aromatic carbocycles. The Hall–Kier alpha value is -3.81. The summed E-state index contributed by atoms with van der Waals surface area (Å²) in [6.07, 6.45) is 1.47. The van der Waals surface area contributed by atoms with Crippen molar-refractivity contribution >= 4 is 17.5 Å². The number of carbonyl (C=O) groups excluding carboxylic acids is 1. The quantitative estimate of drug-likeness (QED) is 0.694. The van der Waals surface area contributed by atoms with E-state index in [9.17, 15) is 4.79 Å². The van der Waals surface area contributed by atoms with Gasteiger partial charge in [0.1, 0.15) is 23.9 Å². The fourth-order valence-electron chi connectivity index (χ4n) is 3.35. The fourth-order valence-corrected chi connectivity index (χ4v) is 3.35. The molecule has 0 spiro atoms. The van der Waals surface area contributed by atoms with Gasteiger partial charge >= 0.3 is 0 Å². The van der Waals surface area contributed by atoms with Crippen LogP contribution in [0, 0.1) is 0 Å². The van der Waals surface area contributed by atoms with Gasteiger partial charge in [-0.25, -0.2) is 4.68 Å². The Kier molecular flexibility index (Phi) is 4.90. The summed E-state index contributed by atoms with van der Waals surface area (Å²) in [5, 5.41) is 10.5. The molecule has 1 atom stereocenters. The third-order valence-corrected chi connectivity index (χ3v) is 4.82. The first kappa shape index (κ1) is 18.5. The van der Waals surface area contributed by atoms with Crippen LogP contribution in [0.25, 0.3) is 0 Å². The van der Waals surface area contributed by atoms with Gasteiger partial charge in [-0.05, 0) is 48.9 Å². The summed E-state index contributed by atoms with van der Waals surface area (Å²) in [6, 6.07) is 14.3. The van der Waals surface area contributed by atoms with Crippen LogP contribution in [0.5, 0.6) is 11.5 Å². The smallest absolute Gasteiger partial charge is 0.255 e. The van der Waals surface area contributed by atoms with Gasteiger partial charge < -0.3 is 20.1 Å². The minimum atomic E-state index is -0.419. The lowest BCUT2D eigenvalue weighted by Crippen LogP contribution is -2.31. The zero-order valence-corrected chi connectivity index (χ0v) is 16.3. The molecule has 3 aromatic rings. The van der Waals surface area contributed by atoms with Crippen LogP contribution in [0.3, 0.4) is 0 Å². The van der Waals surface area contributed by atoms with Crippen molar-refractivity contribution in [2.45, 2.75) is 13.0 Å². The Morgan fingerprint density at radius 3 is 2.28 bits per heavy atom. The van der Waals surface area contributed by atoms with Gasteiger partial charge in [0.15, 0.2) is 0 Å². The van der Waals surface area contributed by atoms with Crippen LogP contribution in [-0.4, -0.2) is 34.9 Å². The second-order valence-corrected chi connectivity index (χ2v) is 6.55. The van der Waals surface area contributed by atoms with Gasteiger partial charge in [-0.2, -0.15) is 10.1 Å². The van der Waals surface area contributed by atoms with Gasteiger partial charge in [-0.15, -0.1) is 0 Å². The number of carbonyl (C=O) groups is 1. The van der Waals surface area contributed by atoms with Crippen molar-refractivity contribution in [1.29, 1.82) is 0 Å². The third-order valence-electron chi connectivity index (χ3n) is 4.82. The molecule has 4 rings (SSSR count). The van der Waals surface area contributed by atoms with E-state index in [2.05, 4.69) is 20.7 Å². The Labute approximate surface area is 168 Å². The second-order valence-electron chi connectivity index (χ2n) is 6.55. The molecular formula is C21H21N5O3. The van der Waals surface area contributed by atoms with Crippen LogP contribution in [0.2, 0.25) is 0 Å². The normalized spacial score (nSPS) is 15.3. The van der Waals surface area contributed by atoms with Crippen molar-refractivity contribution in [3.63, 3.8) is 0 Å². The van der Waals surface area contributed by atoms with E-state index in [4.69, 9.17) is 9.47 Å². The minimum absolute atomic E-state index is 0.220. The van der Waals surface area contributed by atoms with Crippen molar-refractivity contribution in [1.82, 2.24) is 14.8 Å².